The number of hydrogen-bond acceptors (Lipinski definition) is 3. The van der Waals surface area contributed by atoms with Gasteiger partial charge in [-0.1, -0.05) is 18.2 Å². The average Bonchev–Trinajstić information content (AvgIpc) is 2.91. The summed E-state index contributed by atoms with van der Waals surface area (Å²) in [6.45, 7) is 0.517. The maximum Gasteiger partial charge on any atom is 0.268 e. The Hall–Kier alpha value is -1.65. The van der Waals surface area contributed by atoms with E-state index in [-0.39, 0.29) is 5.91 Å². The van der Waals surface area contributed by atoms with Gasteiger partial charge in [-0.2, -0.15) is 0 Å². The standard InChI is InChI=1S/C13H14N2OS/c1-15(13(16)12-3-2-8-17-12)11-6-4-10(9-14)5-7-11/h2-8H,9,14H2,1H3. The van der Waals surface area contributed by atoms with Crippen molar-refractivity contribution in [1.29, 1.82) is 0 Å². The minimum atomic E-state index is 0.0144. The van der Waals surface area contributed by atoms with Crippen molar-refractivity contribution in [2.75, 3.05) is 11.9 Å². The van der Waals surface area contributed by atoms with Gasteiger partial charge in [-0.3, -0.25) is 4.79 Å². The molecular weight excluding hydrogens is 232 g/mol. The Bertz CT molecular complexity index is 491. The summed E-state index contributed by atoms with van der Waals surface area (Å²) in [5, 5.41) is 1.90. The van der Waals surface area contributed by atoms with E-state index in [0.717, 1.165) is 16.1 Å². The summed E-state index contributed by atoms with van der Waals surface area (Å²) < 4.78 is 0. The average molecular weight is 246 g/mol. The molecule has 2 aromatic rings. The monoisotopic (exact) mass is 246 g/mol. The molecule has 0 aliphatic carbocycles. The lowest BCUT2D eigenvalue weighted by Crippen LogP contribution is -2.25. The highest BCUT2D eigenvalue weighted by molar-refractivity contribution is 7.12. The number of carbonyl (C=O) groups excluding carboxylic acids is 1. The van der Waals surface area contributed by atoms with Crippen LogP contribution >= 0.6 is 11.3 Å². The Morgan fingerprint density at radius 2 is 2.00 bits per heavy atom. The van der Waals surface area contributed by atoms with Gasteiger partial charge in [0.2, 0.25) is 0 Å². The number of hydrogen-bond donors (Lipinski definition) is 1. The lowest BCUT2D eigenvalue weighted by Gasteiger charge is -2.16. The molecule has 2 rings (SSSR count). The zero-order valence-corrected chi connectivity index (χ0v) is 10.4. The van der Waals surface area contributed by atoms with Crippen molar-refractivity contribution >= 4 is 22.9 Å². The molecule has 0 spiro atoms. The summed E-state index contributed by atoms with van der Waals surface area (Å²) in [6, 6.07) is 11.4. The van der Waals surface area contributed by atoms with Gasteiger partial charge < -0.3 is 10.6 Å². The van der Waals surface area contributed by atoms with Gasteiger partial charge >= 0.3 is 0 Å². The van der Waals surface area contributed by atoms with Crippen LogP contribution in [0.5, 0.6) is 0 Å². The molecular formula is C13H14N2OS. The summed E-state index contributed by atoms with van der Waals surface area (Å²) in [5.74, 6) is 0.0144. The molecule has 0 saturated carbocycles. The van der Waals surface area contributed by atoms with E-state index < -0.39 is 0 Å². The SMILES string of the molecule is CN(C(=O)c1cccs1)c1ccc(CN)cc1. The molecule has 1 amide bonds. The number of carbonyl (C=O) groups is 1. The van der Waals surface area contributed by atoms with E-state index in [4.69, 9.17) is 5.73 Å². The molecule has 0 unspecified atom stereocenters. The molecule has 1 aromatic carbocycles. The minimum absolute atomic E-state index is 0.0144. The van der Waals surface area contributed by atoms with Crippen LogP contribution in [0.25, 0.3) is 0 Å². The highest BCUT2D eigenvalue weighted by Gasteiger charge is 2.13. The molecule has 1 heterocycles. The van der Waals surface area contributed by atoms with Crippen molar-refractivity contribution in [2.45, 2.75) is 6.54 Å². The molecule has 0 bridgehead atoms. The van der Waals surface area contributed by atoms with Crippen molar-refractivity contribution < 1.29 is 4.79 Å². The molecule has 1 aromatic heterocycles. The Morgan fingerprint density at radius 1 is 1.29 bits per heavy atom. The lowest BCUT2D eigenvalue weighted by atomic mass is 10.2. The second kappa shape index (κ2) is 5.12. The van der Waals surface area contributed by atoms with Gasteiger partial charge in [0.15, 0.2) is 0 Å². The smallest absolute Gasteiger partial charge is 0.268 e. The number of anilines is 1. The fraction of sp³-hybridized carbons (Fsp3) is 0.154. The second-order valence-electron chi connectivity index (χ2n) is 3.71. The number of thiophene rings is 1. The molecule has 17 heavy (non-hydrogen) atoms. The molecule has 0 aliphatic heterocycles. The maximum atomic E-state index is 12.1. The zero-order valence-electron chi connectivity index (χ0n) is 9.59. The molecule has 0 aliphatic rings. The maximum absolute atomic E-state index is 12.1. The zero-order chi connectivity index (χ0) is 12.3. The van der Waals surface area contributed by atoms with E-state index in [9.17, 15) is 4.79 Å². The highest BCUT2D eigenvalue weighted by atomic mass is 32.1. The number of nitrogens with zero attached hydrogens (tertiary/aromatic N) is 1. The molecule has 3 nitrogen and oxygen atoms in total. The van der Waals surface area contributed by atoms with Gasteiger partial charge in [-0.05, 0) is 29.1 Å². The fourth-order valence-electron chi connectivity index (χ4n) is 1.54. The molecule has 2 N–H and O–H groups in total. The second-order valence-corrected chi connectivity index (χ2v) is 4.66. The van der Waals surface area contributed by atoms with Gasteiger partial charge in [0.05, 0.1) is 4.88 Å². The molecule has 0 fully saturated rings. The number of benzene rings is 1. The van der Waals surface area contributed by atoms with Crippen LogP contribution in [0.4, 0.5) is 5.69 Å². The summed E-state index contributed by atoms with van der Waals surface area (Å²) in [4.78, 5) is 14.5. The molecule has 0 atom stereocenters. The molecule has 4 heteroatoms. The summed E-state index contributed by atoms with van der Waals surface area (Å²) in [5.41, 5.74) is 7.47. The van der Waals surface area contributed by atoms with Gasteiger partial charge in [-0.15, -0.1) is 11.3 Å². The van der Waals surface area contributed by atoms with Crippen LogP contribution in [0.1, 0.15) is 15.2 Å². The molecule has 0 radical (unpaired) electrons. The molecule has 0 saturated heterocycles. The highest BCUT2D eigenvalue weighted by Crippen LogP contribution is 2.18. The van der Waals surface area contributed by atoms with E-state index in [1.807, 2.05) is 41.8 Å². The van der Waals surface area contributed by atoms with Crippen LogP contribution in [0.3, 0.4) is 0 Å². The summed E-state index contributed by atoms with van der Waals surface area (Å²) in [7, 11) is 1.78. The summed E-state index contributed by atoms with van der Waals surface area (Å²) >= 11 is 1.45. The van der Waals surface area contributed by atoms with Crippen LogP contribution in [0.2, 0.25) is 0 Å². The van der Waals surface area contributed by atoms with Crippen LogP contribution < -0.4 is 10.6 Å². The van der Waals surface area contributed by atoms with Crippen molar-refractivity contribution in [3.05, 3.63) is 52.2 Å². The van der Waals surface area contributed by atoms with Crippen LogP contribution in [-0.2, 0) is 6.54 Å². The first-order valence-electron chi connectivity index (χ1n) is 5.33. The first-order chi connectivity index (χ1) is 8.22. The van der Waals surface area contributed by atoms with Crippen molar-refractivity contribution in [3.63, 3.8) is 0 Å². The van der Waals surface area contributed by atoms with Crippen molar-refractivity contribution in [2.24, 2.45) is 5.73 Å². The van der Waals surface area contributed by atoms with Crippen molar-refractivity contribution in [3.8, 4) is 0 Å². The minimum Gasteiger partial charge on any atom is -0.326 e. The van der Waals surface area contributed by atoms with E-state index in [1.165, 1.54) is 11.3 Å². The van der Waals surface area contributed by atoms with Crippen molar-refractivity contribution in [1.82, 2.24) is 0 Å². The number of rotatable bonds is 3. The van der Waals surface area contributed by atoms with Gasteiger partial charge in [0.1, 0.15) is 0 Å². The van der Waals surface area contributed by atoms with Gasteiger partial charge in [0, 0.05) is 19.3 Å². The lowest BCUT2D eigenvalue weighted by molar-refractivity contribution is 0.0997. The fourth-order valence-corrected chi connectivity index (χ4v) is 2.24. The first kappa shape index (κ1) is 11.8. The largest absolute Gasteiger partial charge is 0.326 e. The van der Waals surface area contributed by atoms with Crippen LogP contribution in [-0.4, -0.2) is 13.0 Å². The predicted octanol–water partition coefficient (Wildman–Crippen LogP) is 2.48. The third-order valence-electron chi connectivity index (χ3n) is 2.60. The quantitative estimate of drug-likeness (QED) is 0.904. The van der Waals surface area contributed by atoms with Gasteiger partial charge in [-0.25, -0.2) is 0 Å². The van der Waals surface area contributed by atoms with Crippen LogP contribution in [0.15, 0.2) is 41.8 Å². The normalized spacial score (nSPS) is 10.2. The Kier molecular flexibility index (Phi) is 3.56. The number of nitrogens with two attached hydrogens (primary N) is 1. The third-order valence-corrected chi connectivity index (χ3v) is 3.45. The summed E-state index contributed by atoms with van der Waals surface area (Å²) in [6.07, 6.45) is 0. The van der Waals surface area contributed by atoms with E-state index in [1.54, 1.807) is 11.9 Å². The Morgan fingerprint density at radius 3 is 2.53 bits per heavy atom. The van der Waals surface area contributed by atoms with E-state index in [2.05, 4.69) is 0 Å². The first-order valence-corrected chi connectivity index (χ1v) is 6.21. The third kappa shape index (κ3) is 2.54. The topological polar surface area (TPSA) is 46.3 Å². The van der Waals surface area contributed by atoms with E-state index >= 15 is 0 Å². The Balaban J connectivity index is 2.19. The van der Waals surface area contributed by atoms with Gasteiger partial charge in [0.25, 0.3) is 5.91 Å². The predicted molar refractivity (Wildman–Crippen MR) is 71.4 cm³/mol. The molecule has 88 valence electrons. The van der Waals surface area contributed by atoms with E-state index in [0.29, 0.717) is 6.54 Å². The Labute approximate surface area is 104 Å². The van der Waals surface area contributed by atoms with Crippen LogP contribution in [0, 0.1) is 0 Å². The number of amides is 1.